The third-order valence-corrected chi connectivity index (χ3v) is 10.7. The van der Waals surface area contributed by atoms with Crippen LogP contribution < -0.4 is 0 Å². The molecule has 11 nitrogen and oxygen atoms in total. The number of alkyl halides is 6. The van der Waals surface area contributed by atoms with Gasteiger partial charge in [0.05, 0.1) is 11.0 Å². The number of nitrogens with zero attached hydrogens (tertiary/aromatic N) is 3. The lowest BCUT2D eigenvalue weighted by Crippen LogP contribution is -2.59. The molecule has 0 amide bonds. The topological polar surface area (TPSA) is 152 Å². The summed E-state index contributed by atoms with van der Waals surface area (Å²) in [5.41, 5.74) is -13.9. The van der Waals surface area contributed by atoms with Crippen molar-refractivity contribution < 1.29 is 56.5 Å². The molecule has 0 aliphatic carbocycles. The summed E-state index contributed by atoms with van der Waals surface area (Å²) in [5.74, 6) is 0. The van der Waals surface area contributed by atoms with Crippen molar-refractivity contribution in [2.45, 2.75) is 47.8 Å². The number of nitro groups is 1. The molecule has 0 saturated carbocycles. The first-order chi connectivity index (χ1) is 15.2. The normalized spacial score (nSPS) is 21.5. The second-order valence-electron chi connectivity index (χ2n) is 7.01. The highest BCUT2D eigenvalue weighted by molar-refractivity contribution is 8.04. The number of nitro benzene ring substituents is 1. The van der Waals surface area contributed by atoms with E-state index in [-0.39, 0.29) is 4.31 Å². The van der Waals surface area contributed by atoms with Gasteiger partial charge in [0.1, 0.15) is 0 Å². The van der Waals surface area contributed by atoms with E-state index in [1.807, 2.05) is 0 Å². The number of hydrogen-bond acceptors (Lipinski definition) is 8. The molecule has 1 saturated heterocycles. The number of halogens is 6. The minimum Gasteiger partial charge on any atom is -0.258 e. The summed E-state index contributed by atoms with van der Waals surface area (Å²) in [4.78, 5) is 9.12. The van der Waals surface area contributed by atoms with Crippen LogP contribution in [-0.4, -0.2) is 67.8 Å². The average molecular weight is 563 g/mol. The molecule has 1 heterocycles. The summed E-state index contributed by atoms with van der Waals surface area (Å²) >= 11 is 0. The first kappa shape index (κ1) is 28.2. The smallest absolute Gasteiger partial charge is 0.258 e. The molecule has 0 aromatic heterocycles. The first-order valence-electron chi connectivity index (χ1n) is 8.84. The Morgan fingerprint density at radius 1 is 0.941 bits per heavy atom. The summed E-state index contributed by atoms with van der Waals surface area (Å²) in [6, 6.07) is -0.168. The molecule has 0 bridgehead atoms. The Morgan fingerprint density at radius 3 is 1.85 bits per heavy atom. The van der Waals surface area contributed by atoms with E-state index < -0.39 is 91.8 Å². The Balaban J connectivity index is 2.68. The molecule has 2 atom stereocenters. The molecule has 0 N–H and O–H groups in total. The van der Waals surface area contributed by atoms with Crippen LogP contribution in [-0.2, 0) is 30.1 Å². The van der Waals surface area contributed by atoms with Gasteiger partial charge in [-0.25, -0.2) is 25.3 Å². The van der Waals surface area contributed by atoms with Crippen molar-refractivity contribution in [2.24, 2.45) is 0 Å². The molecular formula is C14H15F6N3O8S3. The van der Waals surface area contributed by atoms with E-state index in [1.165, 1.54) is 0 Å². The zero-order valence-corrected chi connectivity index (χ0v) is 19.1. The van der Waals surface area contributed by atoms with Gasteiger partial charge in [-0.1, -0.05) is 15.8 Å². The molecule has 1 aliphatic rings. The standard InChI is InChI=1S/C14H15F6N3O8S3/c1-9-6-7-10(23(33(28,29)13(15,16)17)34(30,31)14(18,19)20)8-21(9)32(26,27)12-5-3-2-4-11(12)22(24)25/h2-5,9-10H,6-8H2,1H3/t9-,10-/m1/s1. The minimum atomic E-state index is -7.16. The quantitative estimate of drug-likeness (QED) is 0.290. The van der Waals surface area contributed by atoms with Crippen LogP contribution in [0.4, 0.5) is 32.0 Å². The van der Waals surface area contributed by atoms with Crippen LogP contribution in [0.25, 0.3) is 0 Å². The highest BCUT2D eigenvalue weighted by Crippen LogP contribution is 2.40. The van der Waals surface area contributed by atoms with Crippen molar-refractivity contribution in [3.63, 3.8) is 0 Å². The maximum absolute atomic E-state index is 13.1. The third-order valence-electron chi connectivity index (χ3n) is 4.81. The molecule has 34 heavy (non-hydrogen) atoms. The van der Waals surface area contributed by atoms with Crippen LogP contribution in [0.2, 0.25) is 0 Å². The van der Waals surface area contributed by atoms with Crippen LogP contribution in [0.15, 0.2) is 29.2 Å². The number of piperidine rings is 1. The lowest BCUT2D eigenvalue weighted by atomic mass is 10.0. The van der Waals surface area contributed by atoms with Crippen molar-refractivity contribution in [2.75, 3.05) is 6.54 Å². The van der Waals surface area contributed by atoms with E-state index in [1.54, 1.807) is 0 Å². The van der Waals surface area contributed by atoms with Crippen LogP contribution >= 0.6 is 0 Å². The summed E-state index contributed by atoms with van der Waals surface area (Å²) < 4.78 is 151. The van der Waals surface area contributed by atoms with Gasteiger partial charge in [0.15, 0.2) is 4.90 Å². The third kappa shape index (κ3) is 4.86. The number of benzene rings is 1. The van der Waals surface area contributed by atoms with Crippen molar-refractivity contribution >= 4 is 35.8 Å². The Labute approximate surface area is 189 Å². The van der Waals surface area contributed by atoms with E-state index in [0.29, 0.717) is 0 Å². The number of hydrogen-bond donors (Lipinski definition) is 0. The molecular weight excluding hydrogens is 548 g/mol. The van der Waals surface area contributed by atoms with E-state index in [4.69, 9.17) is 0 Å². The van der Waals surface area contributed by atoms with Crippen molar-refractivity contribution in [3.05, 3.63) is 34.4 Å². The summed E-state index contributed by atoms with van der Waals surface area (Å²) in [5, 5.41) is 11.2. The van der Waals surface area contributed by atoms with Gasteiger partial charge in [-0.3, -0.25) is 10.1 Å². The fraction of sp³-hybridized carbons (Fsp3) is 0.571. The molecule has 2 rings (SSSR count). The number of rotatable bonds is 6. The van der Waals surface area contributed by atoms with Crippen LogP contribution in [0, 0.1) is 10.1 Å². The SMILES string of the molecule is C[C@@H]1CC[C@@H](N(S(=O)(=O)C(F)(F)F)S(=O)(=O)C(F)(F)F)CN1S(=O)(=O)c1ccccc1[N+](=O)[O-]. The van der Waals surface area contributed by atoms with Crippen LogP contribution in [0.3, 0.4) is 0 Å². The first-order valence-corrected chi connectivity index (χ1v) is 13.2. The average Bonchev–Trinajstić information content (AvgIpc) is 2.67. The van der Waals surface area contributed by atoms with Gasteiger partial charge in [0.2, 0.25) is 10.0 Å². The highest BCUT2D eigenvalue weighted by Gasteiger charge is 2.64. The Hall–Kier alpha value is -2.03. The Kier molecular flexibility index (Phi) is 7.37. The monoisotopic (exact) mass is 563 g/mol. The molecule has 0 spiro atoms. The molecule has 1 aliphatic heterocycles. The zero-order chi connectivity index (χ0) is 26.5. The highest BCUT2D eigenvalue weighted by atomic mass is 32.3. The van der Waals surface area contributed by atoms with Gasteiger partial charge >= 0.3 is 31.1 Å². The fourth-order valence-corrected chi connectivity index (χ4v) is 8.18. The van der Waals surface area contributed by atoms with Crippen molar-refractivity contribution in [1.82, 2.24) is 8.02 Å². The van der Waals surface area contributed by atoms with Crippen molar-refractivity contribution in [1.29, 1.82) is 0 Å². The predicted octanol–water partition coefficient (Wildman–Crippen LogP) is 2.14. The largest absolute Gasteiger partial charge is 0.512 e. The number of sulfonamides is 3. The summed E-state index contributed by atoms with van der Waals surface area (Å²) in [6.07, 6.45) is -1.46. The van der Waals surface area contributed by atoms with Gasteiger partial charge in [0.25, 0.3) is 5.69 Å². The molecule has 20 heteroatoms. The summed E-state index contributed by atoms with van der Waals surface area (Å²) in [6.45, 7) is -0.302. The van der Waals surface area contributed by atoms with Crippen molar-refractivity contribution in [3.8, 4) is 0 Å². The fourth-order valence-electron chi connectivity index (χ4n) is 3.24. The van der Waals surface area contributed by atoms with Crippen LogP contribution in [0.1, 0.15) is 19.8 Å². The molecule has 1 aromatic rings. The van der Waals surface area contributed by atoms with Gasteiger partial charge in [0, 0.05) is 18.7 Å². The molecule has 0 unspecified atom stereocenters. The lowest BCUT2D eigenvalue weighted by molar-refractivity contribution is -0.387. The lowest BCUT2D eigenvalue weighted by Gasteiger charge is -2.40. The second kappa shape index (κ2) is 8.88. The van der Waals surface area contributed by atoms with Gasteiger partial charge in [-0.15, -0.1) is 0 Å². The molecule has 1 fully saturated rings. The predicted molar refractivity (Wildman–Crippen MR) is 101 cm³/mol. The van der Waals surface area contributed by atoms with Gasteiger partial charge < -0.3 is 0 Å². The van der Waals surface area contributed by atoms with Gasteiger partial charge in [-0.2, -0.15) is 30.6 Å². The van der Waals surface area contributed by atoms with Gasteiger partial charge in [-0.05, 0) is 25.8 Å². The van der Waals surface area contributed by atoms with E-state index in [0.717, 1.165) is 31.2 Å². The summed E-state index contributed by atoms with van der Waals surface area (Å²) in [7, 11) is -19.3. The second-order valence-corrected chi connectivity index (χ2v) is 12.7. The number of para-hydroxylation sites is 1. The zero-order valence-electron chi connectivity index (χ0n) is 16.7. The maximum atomic E-state index is 13.1. The molecule has 194 valence electrons. The molecule has 1 aromatic carbocycles. The van der Waals surface area contributed by atoms with E-state index >= 15 is 0 Å². The van der Waals surface area contributed by atoms with Crippen LogP contribution in [0.5, 0.6) is 0 Å². The van der Waals surface area contributed by atoms with E-state index in [2.05, 4.69) is 0 Å². The van der Waals surface area contributed by atoms with E-state index in [9.17, 15) is 61.7 Å². The minimum absolute atomic E-state index is 0.230. The molecule has 0 radical (unpaired) electrons. The Morgan fingerprint density at radius 2 is 1.41 bits per heavy atom. The Bertz CT molecular complexity index is 1230. The maximum Gasteiger partial charge on any atom is 0.512 e.